The van der Waals surface area contributed by atoms with E-state index in [1.807, 2.05) is 20.8 Å². The maximum atomic E-state index is 13.6. The van der Waals surface area contributed by atoms with Gasteiger partial charge >= 0.3 is 12.0 Å². The molecule has 0 radical (unpaired) electrons. The first-order valence-electron chi connectivity index (χ1n) is 9.20. The second kappa shape index (κ2) is 8.87. The van der Waals surface area contributed by atoms with Gasteiger partial charge in [0.1, 0.15) is 23.8 Å². The highest BCUT2D eigenvalue weighted by atomic mass is 19.1. The molecule has 9 heteroatoms. The lowest BCUT2D eigenvalue weighted by Gasteiger charge is -2.21. The van der Waals surface area contributed by atoms with Crippen LogP contribution in [0.15, 0.2) is 35.0 Å². The average Bonchev–Trinajstić information content (AvgIpc) is 3.01. The minimum Gasteiger partial charge on any atom is -0.461 e. The second-order valence-electron chi connectivity index (χ2n) is 6.88. The van der Waals surface area contributed by atoms with Gasteiger partial charge in [-0.2, -0.15) is 0 Å². The van der Waals surface area contributed by atoms with Gasteiger partial charge in [0.05, 0.1) is 30.7 Å². The number of hydrogen-bond donors (Lipinski definition) is 3. The van der Waals surface area contributed by atoms with Crippen LogP contribution < -0.4 is 15.4 Å². The van der Waals surface area contributed by atoms with Gasteiger partial charge in [0, 0.05) is 10.9 Å². The maximum Gasteiger partial charge on any atom is 0.319 e. The van der Waals surface area contributed by atoms with E-state index in [1.165, 1.54) is 24.5 Å². The van der Waals surface area contributed by atoms with Gasteiger partial charge in [0.2, 0.25) is 0 Å². The number of urea groups is 1. The van der Waals surface area contributed by atoms with E-state index in [0.29, 0.717) is 22.4 Å². The summed E-state index contributed by atoms with van der Waals surface area (Å²) in [5, 5.41) is 15.0. The summed E-state index contributed by atoms with van der Waals surface area (Å²) in [5.74, 6) is 0.265. The van der Waals surface area contributed by atoms with E-state index >= 15 is 0 Å². The molecule has 3 rings (SSSR count). The molecule has 1 aromatic carbocycles. The Morgan fingerprint density at radius 3 is 2.69 bits per heavy atom. The van der Waals surface area contributed by atoms with Crippen molar-refractivity contribution in [3.8, 4) is 6.01 Å². The van der Waals surface area contributed by atoms with Crippen molar-refractivity contribution in [1.29, 1.82) is 0 Å². The SMILES string of the molecule is Cc1c(C(NC(=O)Nc2cnc(OCCO)nc2)C(C)C)oc2ccc(F)cc12. The number of nitrogens with zero attached hydrogens (tertiary/aromatic N) is 2. The lowest BCUT2D eigenvalue weighted by Crippen LogP contribution is -2.35. The summed E-state index contributed by atoms with van der Waals surface area (Å²) in [5.41, 5.74) is 1.73. The van der Waals surface area contributed by atoms with Crippen molar-refractivity contribution in [3.05, 3.63) is 47.7 Å². The fourth-order valence-corrected chi connectivity index (χ4v) is 2.94. The average molecular weight is 402 g/mol. The van der Waals surface area contributed by atoms with Gasteiger partial charge in [-0.05, 0) is 31.0 Å². The molecule has 0 bridgehead atoms. The van der Waals surface area contributed by atoms with Crippen LogP contribution in [0.4, 0.5) is 14.9 Å². The van der Waals surface area contributed by atoms with Crippen LogP contribution in [0, 0.1) is 18.7 Å². The molecule has 0 aliphatic carbocycles. The molecule has 3 aromatic rings. The van der Waals surface area contributed by atoms with Gasteiger partial charge in [-0.3, -0.25) is 0 Å². The third-order valence-corrected chi connectivity index (χ3v) is 4.38. The summed E-state index contributed by atoms with van der Waals surface area (Å²) >= 11 is 0. The van der Waals surface area contributed by atoms with Crippen molar-refractivity contribution in [1.82, 2.24) is 15.3 Å². The summed E-state index contributed by atoms with van der Waals surface area (Å²) in [6.45, 7) is 5.69. The Balaban J connectivity index is 1.74. The Kier molecular flexibility index (Phi) is 6.28. The Morgan fingerprint density at radius 2 is 2.03 bits per heavy atom. The molecular formula is C20H23FN4O4. The van der Waals surface area contributed by atoms with Gasteiger partial charge < -0.3 is 24.9 Å². The minimum atomic E-state index is -0.456. The zero-order chi connectivity index (χ0) is 21.0. The van der Waals surface area contributed by atoms with Crippen LogP contribution in [0.5, 0.6) is 6.01 Å². The lowest BCUT2D eigenvalue weighted by molar-refractivity contribution is 0.191. The number of aromatic nitrogens is 2. The van der Waals surface area contributed by atoms with Crippen LogP contribution in [-0.4, -0.2) is 34.3 Å². The highest BCUT2D eigenvalue weighted by Crippen LogP contribution is 2.33. The predicted molar refractivity (Wildman–Crippen MR) is 105 cm³/mol. The van der Waals surface area contributed by atoms with Gasteiger partial charge in [-0.15, -0.1) is 0 Å². The number of amides is 2. The van der Waals surface area contributed by atoms with Crippen LogP contribution >= 0.6 is 0 Å². The Labute approximate surface area is 167 Å². The number of ether oxygens (including phenoxy) is 1. The molecule has 0 aliphatic rings. The standard InChI is InChI=1S/C20H23FN4O4/c1-11(2)17(18-12(3)15-8-13(21)4-5-16(15)29-18)25-19(27)24-14-9-22-20(23-10-14)28-7-6-26/h4-5,8-11,17,26H,6-7H2,1-3H3,(H2,24,25,27). The molecule has 2 aromatic heterocycles. The zero-order valence-corrected chi connectivity index (χ0v) is 16.4. The van der Waals surface area contributed by atoms with E-state index < -0.39 is 12.1 Å². The molecule has 0 fully saturated rings. The topological polar surface area (TPSA) is 110 Å². The van der Waals surface area contributed by atoms with E-state index in [2.05, 4.69) is 20.6 Å². The first kappa shape index (κ1) is 20.5. The normalized spacial score (nSPS) is 12.2. The van der Waals surface area contributed by atoms with Crippen molar-refractivity contribution in [2.75, 3.05) is 18.5 Å². The van der Waals surface area contributed by atoms with Crippen molar-refractivity contribution < 1.29 is 23.4 Å². The van der Waals surface area contributed by atoms with Gasteiger partial charge in [-0.25, -0.2) is 19.2 Å². The molecule has 8 nitrogen and oxygen atoms in total. The molecule has 0 saturated heterocycles. The lowest BCUT2D eigenvalue weighted by atomic mass is 9.98. The third-order valence-electron chi connectivity index (χ3n) is 4.38. The van der Waals surface area contributed by atoms with Crippen molar-refractivity contribution >= 4 is 22.7 Å². The largest absolute Gasteiger partial charge is 0.461 e. The first-order valence-corrected chi connectivity index (χ1v) is 9.20. The summed E-state index contributed by atoms with van der Waals surface area (Å²) in [4.78, 5) is 20.4. The van der Waals surface area contributed by atoms with Crippen LogP contribution in [-0.2, 0) is 0 Å². The summed E-state index contributed by atoms with van der Waals surface area (Å²) in [6, 6.07) is 3.58. The van der Waals surface area contributed by atoms with Crippen molar-refractivity contribution in [2.45, 2.75) is 26.8 Å². The minimum absolute atomic E-state index is 0.0235. The van der Waals surface area contributed by atoms with Gasteiger partial charge in [0.15, 0.2) is 0 Å². The number of aryl methyl sites for hydroxylation is 1. The highest BCUT2D eigenvalue weighted by molar-refractivity contribution is 5.89. The van der Waals surface area contributed by atoms with E-state index in [-0.39, 0.29) is 31.0 Å². The molecule has 2 amide bonds. The number of furan rings is 1. The summed E-state index contributed by atoms with van der Waals surface area (Å²) in [6.07, 6.45) is 2.80. The Morgan fingerprint density at radius 1 is 1.31 bits per heavy atom. The number of rotatable bonds is 7. The third kappa shape index (κ3) is 4.80. The molecule has 2 heterocycles. The highest BCUT2D eigenvalue weighted by Gasteiger charge is 2.25. The number of halogens is 1. The molecule has 1 unspecified atom stereocenters. The van der Waals surface area contributed by atoms with Gasteiger partial charge in [0.25, 0.3) is 0 Å². The van der Waals surface area contributed by atoms with E-state index in [4.69, 9.17) is 14.3 Å². The number of aliphatic hydroxyl groups excluding tert-OH is 1. The molecule has 29 heavy (non-hydrogen) atoms. The fourth-order valence-electron chi connectivity index (χ4n) is 2.94. The Hall–Kier alpha value is -3.20. The molecule has 3 N–H and O–H groups in total. The molecular weight excluding hydrogens is 379 g/mol. The summed E-state index contributed by atoms with van der Waals surface area (Å²) < 4.78 is 24.6. The van der Waals surface area contributed by atoms with Crippen molar-refractivity contribution in [3.63, 3.8) is 0 Å². The number of anilines is 1. The Bertz CT molecular complexity index is 988. The van der Waals surface area contributed by atoms with E-state index in [1.54, 1.807) is 6.07 Å². The molecule has 154 valence electrons. The number of carbonyl (C=O) groups excluding carboxylic acids is 1. The van der Waals surface area contributed by atoms with E-state index in [9.17, 15) is 9.18 Å². The zero-order valence-electron chi connectivity index (χ0n) is 16.4. The molecule has 1 atom stereocenters. The predicted octanol–water partition coefficient (Wildman–Crippen LogP) is 3.56. The number of aliphatic hydroxyl groups is 1. The van der Waals surface area contributed by atoms with Crippen LogP contribution in [0.1, 0.15) is 31.2 Å². The van der Waals surface area contributed by atoms with Crippen LogP contribution in [0.2, 0.25) is 0 Å². The summed E-state index contributed by atoms with van der Waals surface area (Å²) in [7, 11) is 0. The first-order chi connectivity index (χ1) is 13.9. The quantitative estimate of drug-likeness (QED) is 0.557. The monoisotopic (exact) mass is 402 g/mol. The number of hydrogen-bond acceptors (Lipinski definition) is 6. The second-order valence-corrected chi connectivity index (χ2v) is 6.88. The van der Waals surface area contributed by atoms with Gasteiger partial charge in [-0.1, -0.05) is 13.8 Å². The molecule has 0 saturated carbocycles. The molecule has 0 spiro atoms. The maximum absolute atomic E-state index is 13.6. The van der Waals surface area contributed by atoms with Crippen LogP contribution in [0.25, 0.3) is 11.0 Å². The molecule has 0 aliphatic heterocycles. The number of fused-ring (bicyclic) bond motifs is 1. The van der Waals surface area contributed by atoms with Crippen molar-refractivity contribution in [2.24, 2.45) is 5.92 Å². The smallest absolute Gasteiger partial charge is 0.319 e. The fraction of sp³-hybridized carbons (Fsp3) is 0.350. The number of carbonyl (C=O) groups is 1. The van der Waals surface area contributed by atoms with E-state index in [0.717, 1.165) is 5.56 Å². The number of benzene rings is 1. The number of nitrogens with one attached hydrogen (secondary N) is 2. The van der Waals surface area contributed by atoms with Crippen LogP contribution in [0.3, 0.4) is 0 Å².